The molecule has 2 aromatic rings. The molecule has 29 heavy (non-hydrogen) atoms. The molecule has 156 valence electrons. The van der Waals surface area contributed by atoms with Crippen LogP contribution in [0.4, 0.5) is 0 Å². The van der Waals surface area contributed by atoms with E-state index < -0.39 is 5.91 Å². The molecule has 1 aliphatic heterocycles. The molecule has 0 bridgehead atoms. The van der Waals surface area contributed by atoms with E-state index in [1.165, 1.54) is 38.6 Å². The number of aromatic amines is 1. The fraction of sp³-hybridized carbons (Fsp3) is 0.591. The van der Waals surface area contributed by atoms with Crippen molar-refractivity contribution in [2.75, 3.05) is 26.2 Å². The lowest BCUT2D eigenvalue weighted by Crippen LogP contribution is -2.40. The van der Waals surface area contributed by atoms with Gasteiger partial charge < -0.3 is 20.9 Å². The Morgan fingerprint density at radius 2 is 1.86 bits per heavy atom. The maximum absolute atomic E-state index is 12.7. The Morgan fingerprint density at radius 3 is 2.59 bits per heavy atom. The zero-order valence-electron chi connectivity index (χ0n) is 17.0. The van der Waals surface area contributed by atoms with Crippen molar-refractivity contribution in [3.8, 4) is 0 Å². The van der Waals surface area contributed by atoms with Crippen LogP contribution in [0.5, 0.6) is 0 Å². The molecule has 1 saturated carbocycles. The summed E-state index contributed by atoms with van der Waals surface area (Å²) in [5.41, 5.74) is 6.89. The lowest BCUT2D eigenvalue weighted by molar-refractivity contribution is 0.0931. The Balaban J connectivity index is 1.28. The second kappa shape index (κ2) is 8.95. The fourth-order valence-corrected chi connectivity index (χ4v) is 4.77. The first kappa shape index (κ1) is 19.9. The summed E-state index contributed by atoms with van der Waals surface area (Å²) in [4.78, 5) is 33.7. The number of hydrogen-bond donors (Lipinski definition) is 3. The molecule has 1 aromatic carbocycles. The van der Waals surface area contributed by atoms with Gasteiger partial charge in [-0.15, -0.1) is 0 Å². The van der Waals surface area contributed by atoms with Crippen LogP contribution in [-0.4, -0.2) is 52.9 Å². The van der Waals surface area contributed by atoms with E-state index in [0.29, 0.717) is 29.1 Å². The number of hydrogen-bond acceptors (Lipinski definition) is 4. The monoisotopic (exact) mass is 397 g/mol. The number of fused-ring (bicyclic) bond motifs is 1. The van der Waals surface area contributed by atoms with Crippen molar-refractivity contribution in [1.82, 2.24) is 20.2 Å². The maximum atomic E-state index is 12.7. The number of carbonyl (C=O) groups excluding carboxylic acids is 2. The van der Waals surface area contributed by atoms with Gasteiger partial charge in [-0.2, -0.15) is 0 Å². The van der Waals surface area contributed by atoms with Crippen LogP contribution in [0.25, 0.3) is 11.0 Å². The van der Waals surface area contributed by atoms with Crippen LogP contribution in [0, 0.1) is 11.8 Å². The molecule has 7 nitrogen and oxygen atoms in total. The van der Waals surface area contributed by atoms with Crippen molar-refractivity contribution < 1.29 is 9.59 Å². The van der Waals surface area contributed by atoms with Gasteiger partial charge in [0.1, 0.15) is 5.52 Å². The number of primary amides is 1. The molecular weight excluding hydrogens is 366 g/mol. The van der Waals surface area contributed by atoms with E-state index in [1.807, 2.05) is 0 Å². The highest BCUT2D eigenvalue weighted by atomic mass is 16.2. The normalized spacial score (nSPS) is 19.4. The Morgan fingerprint density at radius 1 is 1.10 bits per heavy atom. The summed E-state index contributed by atoms with van der Waals surface area (Å²) in [6.07, 6.45) is 9.26. The molecule has 2 heterocycles. The Kier molecular flexibility index (Phi) is 6.13. The van der Waals surface area contributed by atoms with Gasteiger partial charge in [0.05, 0.1) is 11.1 Å². The molecule has 1 saturated heterocycles. The summed E-state index contributed by atoms with van der Waals surface area (Å²) in [7, 11) is 0. The first-order valence-corrected chi connectivity index (χ1v) is 10.9. The topological polar surface area (TPSA) is 104 Å². The predicted molar refractivity (Wildman–Crippen MR) is 113 cm³/mol. The summed E-state index contributed by atoms with van der Waals surface area (Å²) >= 11 is 0. The van der Waals surface area contributed by atoms with Gasteiger partial charge in [-0.05, 0) is 62.7 Å². The maximum Gasteiger partial charge on any atom is 0.284 e. The SMILES string of the molecule is NC(=O)c1nc2c(C(=O)NCC3CCN(CC4CCCCC4)CC3)cccc2[nH]1. The van der Waals surface area contributed by atoms with E-state index >= 15 is 0 Å². The molecule has 4 N–H and O–H groups in total. The molecule has 0 atom stereocenters. The molecule has 1 aromatic heterocycles. The van der Waals surface area contributed by atoms with Gasteiger partial charge in [0, 0.05) is 13.1 Å². The van der Waals surface area contributed by atoms with E-state index in [-0.39, 0.29) is 11.7 Å². The van der Waals surface area contributed by atoms with Crippen molar-refractivity contribution in [3.63, 3.8) is 0 Å². The molecule has 0 unspecified atom stereocenters. The van der Waals surface area contributed by atoms with E-state index in [9.17, 15) is 9.59 Å². The van der Waals surface area contributed by atoms with Crippen molar-refractivity contribution in [2.24, 2.45) is 17.6 Å². The Bertz CT molecular complexity index is 863. The highest BCUT2D eigenvalue weighted by Crippen LogP contribution is 2.26. The molecule has 0 radical (unpaired) electrons. The highest BCUT2D eigenvalue weighted by molar-refractivity contribution is 6.06. The van der Waals surface area contributed by atoms with Crippen LogP contribution in [0.3, 0.4) is 0 Å². The van der Waals surface area contributed by atoms with Gasteiger partial charge in [0.25, 0.3) is 11.8 Å². The minimum absolute atomic E-state index is 0.0746. The van der Waals surface area contributed by atoms with Gasteiger partial charge in [-0.3, -0.25) is 9.59 Å². The number of nitrogens with zero attached hydrogens (tertiary/aromatic N) is 2. The zero-order valence-corrected chi connectivity index (χ0v) is 17.0. The molecule has 0 spiro atoms. The predicted octanol–water partition coefficient (Wildman–Crippen LogP) is 2.68. The van der Waals surface area contributed by atoms with Crippen molar-refractivity contribution >= 4 is 22.8 Å². The Labute approximate surface area is 171 Å². The number of piperidine rings is 1. The number of imidazole rings is 1. The minimum Gasteiger partial charge on any atom is -0.363 e. The Hall–Kier alpha value is -2.41. The number of para-hydroxylation sites is 1. The van der Waals surface area contributed by atoms with Gasteiger partial charge in [-0.25, -0.2) is 4.98 Å². The van der Waals surface area contributed by atoms with Crippen molar-refractivity contribution in [2.45, 2.75) is 44.9 Å². The third-order valence-electron chi connectivity index (χ3n) is 6.49. The third-order valence-corrected chi connectivity index (χ3v) is 6.49. The molecular formula is C22H31N5O2. The third kappa shape index (κ3) is 4.78. The van der Waals surface area contributed by atoms with Gasteiger partial charge in [-0.1, -0.05) is 25.3 Å². The molecule has 2 fully saturated rings. The van der Waals surface area contributed by atoms with E-state index in [4.69, 9.17) is 5.73 Å². The first-order valence-electron chi connectivity index (χ1n) is 10.9. The minimum atomic E-state index is -0.632. The smallest absolute Gasteiger partial charge is 0.284 e. The molecule has 1 aliphatic carbocycles. The lowest BCUT2D eigenvalue weighted by atomic mass is 9.88. The number of carbonyl (C=O) groups is 2. The average Bonchev–Trinajstić information content (AvgIpc) is 3.19. The standard InChI is InChI=1S/C22H31N5O2/c23-20(28)21-25-18-8-4-7-17(19(18)26-21)22(29)24-13-15-9-11-27(12-10-15)14-16-5-2-1-3-6-16/h4,7-8,15-16H,1-3,5-6,9-14H2,(H2,23,28)(H,24,29)(H,25,26). The van der Waals surface area contributed by atoms with Gasteiger partial charge in [0.15, 0.2) is 5.82 Å². The number of nitrogens with one attached hydrogen (secondary N) is 2. The van der Waals surface area contributed by atoms with Crippen molar-refractivity contribution in [3.05, 3.63) is 29.6 Å². The van der Waals surface area contributed by atoms with Crippen LogP contribution in [0.1, 0.15) is 65.9 Å². The number of rotatable bonds is 6. The van der Waals surface area contributed by atoms with Gasteiger partial charge >= 0.3 is 0 Å². The number of aromatic nitrogens is 2. The summed E-state index contributed by atoms with van der Waals surface area (Å²) in [5.74, 6) is 0.696. The molecule has 2 aliphatic rings. The van der Waals surface area contributed by atoms with E-state index in [1.54, 1.807) is 18.2 Å². The number of H-pyrrole nitrogens is 1. The molecule has 2 amide bonds. The number of likely N-dealkylation sites (tertiary alicyclic amines) is 1. The summed E-state index contributed by atoms with van der Waals surface area (Å²) in [6, 6.07) is 5.30. The average molecular weight is 398 g/mol. The summed E-state index contributed by atoms with van der Waals surface area (Å²) < 4.78 is 0. The van der Waals surface area contributed by atoms with Crippen LogP contribution >= 0.6 is 0 Å². The van der Waals surface area contributed by atoms with E-state index in [2.05, 4.69) is 20.2 Å². The summed E-state index contributed by atoms with van der Waals surface area (Å²) in [5, 5.41) is 3.07. The van der Waals surface area contributed by atoms with Crippen LogP contribution < -0.4 is 11.1 Å². The van der Waals surface area contributed by atoms with Gasteiger partial charge in [0.2, 0.25) is 0 Å². The molecule has 7 heteroatoms. The quantitative estimate of drug-likeness (QED) is 0.697. The second-order valence-electron chi connectivity index (χ2n) is 8.61. The highest BCUT2D eigenvalue weighted by Gasteiger charge is 2.23. The van der Waals surface area contributed by atoms with E-state index in [0.717, 1.165) is 31.8 Å². The largest absolute Gasteiger partial charge is 0.363 e. The molecule has 4 rings (SSSR count). The summed E-state index contributed by atoms with van der Waals surface area (Å²) in [6.45, 7) is 4.20. The van der Waals surface area contributed by atoms with Crippen LogP contribution in [0.2, 0.25) is 0 Å². The number of benzene rings is 1. The second-order valence-corrected chi connectivity index (χ2v) is 8.61. The number of nitrogens with two attached hydrogens (primary N) is 1. The fourth-order valence-electron chi connectivity index (χ4n) is 4.77. The first-order chi connectivity index (χ1) is 14.1. The van der Waals surface area contributed by atoms with Crippen molar-refractivity contribution in [1.29, 1.82) is 0 Å². The van der Waals surface area contributed by atoms with Crippen LogP contribution in [-0.2, 0) is 0 Å². The number of amides is 2. The zero-order chi connectivity index (χ0) is 20.2. The van der Waals surface area contributed by atoms with Crippen LogP contribution in [0.15, 0.2) is 18.2 Å². The lowest BCUT2D eigenvalue weighted by Gasteiger charge is -2.35.